The fourth-order valence-electron chi connectivity index (χ4n) is 4.89. The van der Waals surface area contributed by atoms with Crippen LogP contribution >= 0.6 is 0 Å². The van der Waals surface area contributed by atoms with E-state index in [2.05, 4.69) is 36.4 Å². The first-order valence-electron chi connectivity index (χ1n) is 13.2. The molecule has 0 bridgehead atoms. The number of carbonyl (C=O) groups excluding carboxylic acids is 1. The highest BCUT2D eigenvalue weighted by molar-refractivity contribution is 5.76. The lowest BCUT2D eigenvalue weighted by Crippen LogP contribution is -2.50. The lowest BCUT2D eigenvalue weighted by atomic mass is 9.80. The van der Waals surface area contributed by atoms with Gasteiger partial charge in [-0.15, -0.1) is 0 Å². The first-order chi connectivity index (χ1) is 19.4. The van der Waals surface area contributed by atoms with Gasteiger partial charge in [-0.05, 0) is 29.5 Å². The summed E-state index contributed by atoms with van der Waals surface area (Å²) in [6.45, 7) is 0.791. The second kappa shape index (κ2) is 13.6. The molecule has 0 saturated carbocycles. The van der Waals surface area contributed by atoms with Gasteiger partial charge in [0.15, 0.2) is 0 Å². The summed E-state index contributed by atoms with van der Waals surface area (Å²) in [6, 6.07) is 30.0. The molecule has 1 aliphatic rings. The number of methoxy groups -OCH3 is 2. The van der Waals surface area contributed by atoms with Gasteiger partial charge in [-0.25, -0.2) is 4.84 Å². The summed E-state index contributed by atoms with van der Waals surface area (Å²) in [5.74, 6) is -1.94. The molecule has 1 heterocycles. The predicted molar refractivity (Wildman–Crippen MR) is 146 cm³/mol. The molecule has 9 heteroatoms. The standard InChI is InChI=1S/C31H35NO8/c1-36-31(37-2,39-29(35)21-20-28(33)34)40-32-22-12-19-27(32)23-38-30(24-13-6-3-7-14-24,25-15-8-4-9-16-25)26-17-10-5-11-18-26/h3-11,13-18,27H,12,19-23H2,1-2H3,(H,33,34)/t27-/m0/s1. The second-order valence-corrected chi connectivity index (χ2v) is 9.39. The predicted octanol–water partition coefficient (Wildman–Crippen LogP) is 4.70. The summed E-state index contributed by atoms with van der Waals surface area (Å²) in [5, 5.41) is 10.5. The van der Waals surface area contributed by atoms with Crippen LogP contribution in [0.2, 0.25) is 0 Å². The summed E-state index contributed by atoms with van der Waals surface area (Å²) in [5.41, 5.74) is 2.04. The van der Waals surface area contributed by atoms with E-state index in [-0.39, 0.29) is 25.5 Å². The summed E-state index contributed by atoms with van der Waals surface area (Å²) >= 11 is 0. The Morgan fingerprint density at radius 3 is 1.77 bits per heavy atom. The fraction of sp³-hybridized carbons (Fsp3) is 0.355. The quantitative estimate of drug-likeness (QED) is 0.174. The number of nitrogens with zero attached hydrogens (tertiary/aromatic N) is 1. The zero-order chi connectivity index (χ0) is 28.4. The van der Waals surface area contributed by atoms with Crippen molar-refractivity contribution in [2.45, 2.75) is 43.5 Å². The van der Waals surface area contributed by atoms with Gasteiger partial charge >= 0.3 is 18.1 Å². The summed E-state index contributed by atoms with van der Waals surface area (Å²) in [6.07, 6.45) is -1.34. The first kappa shape index (κ1) is 29.4. The normalized spacial score (nSPS) is 16.1. The lowest BCUT2D eigenvalue weighted by Gasteiger charge is -2.38. The molecule has 3 aromatic carbocycles. The zero-order valence-electron chi connectivity index (χ0n) is 22.7. The van der Waals surface area contributed by atoms with Crippen molar-refractivity contribution in [3.8, 4) is 0 Å². The Morgan fingerprint density at radius 2 is 1.32 bits per heavy atom. The SMILES string of the molecule is COC(OC)(OC(=O)CCC(=O)O)ON1CCC[C@H]1COC(c1ccccc1)(c1ccccc1)c1ccccc1. The Balaban J connectivity index is 1.60. The summed E-state index contributed by atoms with van der Waals surface area (Å²) in [4.78, 5) is 29.2. The molecule has 1 N–H and O–H groups in total. The van der Waals surface area contributed by atoms with E-state index in [9.17, 15) is 9.59 Å². The maximum atomic E-state index is 12.3. The molecular formula is C31H35NO8. The van der Waals surface area contributed by atoms with E-state index in [1.807, 2.05) is 54.6 Å². The molecule has 0 aliphatic carbocycles. The average Bonchev–Trinajstić information content (AvgIpc) is 3.44. The van der Waals surface area contributed by atoms with Crippen LogP contribution in [0, 0.1) is 0 Å². The van der Waals surface area contributed by atoms with E-state index in [1.54, 1.807) is 5.06 Å². The molecular weight excluding hydrogens is 514 g/mol. The van der Waals surface area contributed by atoms with Gasteiger partial charge in [0.25, 0.3) is 0 Å². The Bertz CT molecular complexity index is 1120. The van der Waals surface area contributed by atoms with E-state index in [0.717, 1.165) is 29.5 Å². The third-order valence-electron chi connectivity index (χ3n) is 6.87. The van der Waals surface area contributed by atoms with Crippen LogP contribution in [0.15, 0.2) is 91.0 Å². The van der Waals surface area contributed by atoms with Crippen molar-refractivity contribution < 1.29 is 38.5 Å². The second-order valence-electron chi connectivity index (χ2n) is 9.39. The number of ether oxygens (including phenoxy) is 4. The van der Waals surface area contributed by atoms with Crippen LogP contribution in [0.5, 0.6) is 0 Å². The van der Waals surface area contributed by atoms with Crippen LogP contribution < -0.4 is 0 Å². The monoisotopic (exact) mass is 549 g/mol. The van der Waals surface area contributed by atoms with Gasteiger partial charge in [0.05, 0.1) is 25.5 Å². The molecule has 40 heavy (non-hydrogen) atoms. The van der Waals surface area contributed by atoms with Crippen LogP contribution in [0.4, 0.5) is 0 Å². The van der Waals surface area contributed by atoms with Gasteiger partial charge < -0.3 is 14.6 Å². The third kappa shape index (κ3) is 6.75. The van der Waals surface area contributed by atoms with Crippen molar-refractivity contribution in [2.75, 3.05) is 27.4 Å². The van der Waals surface area contributed by atoms with Crippen molar-refractivity contribution in [3.05, 3.63) is 108 Å². The minimum atomic E-state index is -2.16. The molecule has 1 saturated heterocycles. The number of esters is 1. The fourth-order valence-corrected chi connectivity index (χ4v) is 4.89. The molecule has 0 aromatic heterocycles. The Kier molecular flexibility index (Phi) is 10.0. The van der Waals surface area contributed by atoms with E-state index < -0.39 is 23.7 Å². The van der Waals surface area contributed by atoms with Crippen molar-refractivity contribution in [1.29, 1.82) is 0 Å². The molecule has 0 radical (unpaired) electrons. The molecule has 9 nitrogen and oxygen atoms in total. The van der Waals surface area contributed by atoms with Gasteiger partial charge in [-0.1, -0.05) is 91.0 Å². The highest BCUT2D eigenvalue weighted by Gasteiger charge is 2.44. The van der Waals surface area contributed by atoms with Crippen molar-refractivity contribution in [2.24, 2.45) is 0 Å². The molecule has 1 aliphatic heterocycles. The number of hydrogen-bond donors (Lipinski definition) is 1. The highest BCUT2D eigenvalue weighted by atomic mass is 17.1. The number of aliphatic carboxylic acids is 1. The van der Waals surface area contributed by atoms with Gasteiger partial charge in [-0.2, -0.15) is 5.06 Å². The number of rotatable bonds is 14. The molecule has 4 rings (SSSR count). The van der Waals surface area contributed by atoms with Gasteiger partial charge in [0.1, 0.15) is 5.60 Å². The van der Waals surface area contributed by atoms with E-state index in [1.165, 1.54) is 14.2 Å². The topological polar surface area (TPSA) is 104 Å². The van der Waals surface area contributed by atoms with Crippen LogP contribution in [-0.4, -0.2) is 61.7 Å². The van der Waals surface area contributed by atoms with E-state index >= 15 is 0 Å². The molecule has 0 unspecified atom stereocenters. The van der Waals surface area contributed by atoms with Gasteiger partial charge in [-0.3, -0.25) is 19.1 Å². The molecule has 3 aromatic rings. The van der Waals surface area contributed by atoms with Crippen LogP contribution in [0.1, 0.15) is 42.4 Å². The number of carboxylic acid groups (broad SMARTS) is 1. The first-order valence-corrected chi connectivity index (χ1v) is 13.2. The number of carboxylic acids is 1. The van der Waals surface area contributed by atoms with Gasteiger partial charge in [0, 0.05) is 20.8 Å². The van der Waals surface area contributed by atoms with Crippen LogP contribution in [-0.2, 0) is 39.0 Å². The summed E-state index contributed by atoms with van der Waals surface area (Å²) < 4.78 is 22.9. The highest BCUT2D eigenvalue weighted by Crippen LogP contribution is 2.41. The molecule has 1 atom stereocenters. The smallest absolute Gasteiger partial charge is 0.479 e. The Morgan fingerprint density at radius 1 is 0.825 bits per heavy atom. The molecule has 212 valence electrons. The number of benzene rings is 3. The van der Waals surface area contributed by atoms with E-state index in [0.29, 0.717) is 6.54 Å². The number of carbonyl (C=O) groups is 2. The average molecular weight is 550 g/mol. The van der Waals surface area contributed by atoms with Gasteiger partial charge in [0.2, 0.25) is 0 Å². The van der Waals surface area contributed by atoms with Crippen molar-refractivity contribution in [3.63, 3.8) is 0 Å². The largest absolute Gasteiger partial charge is 0.481 e. The van der Waals surface area contributed by atoms with Crippen LogP contribution in [0.3, 0.4) is 0 Å². The minimum Gasteiger partial charge on any atom is -0.481 e. The zero-order valence-corrected chi connectivity index (χ0v) is 22.7. The summed E-state index contributed by atoms with van der Waals surface area (Å²) in [7, 11) is 2.56. The Labute approximate surface area is 234 Å². The lowest BCUT2D eigenvalue weighted by molar-refractivity contribution is -0.524. The number of hydroxylamine groups is 2. The maximum Gasteiger partial charge on any atom is 0.479 e. The van der Waals surface area contributed by atoms with Crippen molar-refractivity contribution >= 4 is 11.9 Å². The molecule has 0 spiro atoms. The molecule has 0 amide bonds. The Hall–Kier alpha value is -3.60. The third-order valence-corrected chi connectivity index (χ3v) is 6.87. The van der Waals surface area contributed by atoms with Crippen molar-refractivity contribution in [1.82, 2.24) is 5.06 Å². The van der Waals surface area contributed by atoms with Crippen LogP contribution in [0.25, 0.3) is 0 Å². The molecule has 1 fully saturated rings. The minimum absolute atomic E-state index is 0.224. The maximum absolute atomic E-state index is 12.3. The van der Waals surface area contributed by atoms with E-state index in [4.69, 9.17) is 28.9 Å². The number of hydrogen-bond acceptors (Lipinski definition) is 8.